The molecule has 0 saturated carbocycles. The molecular weight excluding hydrogens is 238 g/mol. The van der Waals surface area contributed by atoms with Crippen LogP contribution in [0.25, 0.3) is 0 Å². The normalized spacial score (nSPS) is 24.8. The Morgan fingerprint density at radius 3 is 2.74 bits per heavy atom. The average molecular weight is 265 g/mol. The van der Waals surface area contributed by atoms with E-state index in [0.717, 1.165) is 25.3 Å². The molecule has 1 aliphatic rings. The second-order valence-electron chi connectivity index (χ2n) is 5.65. The van der Waals surface area contributed by atoms with Crippen molar-refractivity contribution in [2.75, 3.05) is 13.1 Å². The summed E-state index contributed by atoms with van der Waals surface area (Å²) in [6.45, 7) is 7.69. The van der Waals surface area contributed by atoms with E-state index in [-0.39, 0.29) is 0 Å². The van der Waals surface area contributed by atoms with Gasteiger partial charge in [0.2, 0.25) is 0 Å². The van der Waals surface area contributed by atoms with Gasteiger partial charge >= 0.3 is 0 Å². The highest BCUT2D eigenvalue weighted by molar-refractivity contribution is 4.95. The van der Waals surface area contributed by atoms with Gasteiger partial charge in [0.1, 0.15) is 0 Å². The maximum atomic E-state index is 4.23. The molecule has 5 heteroatoms. The van der Waals surface area contributed by atoms with Crippen molar-refractivity contribution in [3.8, 4) is 0 Å². The molecule has 0 radical (unpaired) electrons. The van der Waals surface area contributed by atoms with Gasteiger partial charge in [0.15, 0.2) is 0 Å². The Labute approximate surface area is 116 Å². The van der Waals surface area contributed by atoms with Crippen LogP contribution in [0.3, 0.4) is 0 Å². The minimum absolute atomic E-state index is 0.634. The fourth-order valence-electron chi connectivity index (χ4n) is 2.96. The van der Waals surface area contributed by atoms with E-state index in [1.807, 2.05) is 13.2 Å². The van der Waals surface area contributed by atoms with E-state index in [1.54, 1.807) is 4.68 Å². The van der Waals surface area contributed by atoms with Crippen molar-refractivity contribution in [2.45, 2.75) is 58.2 Å². The predicted molar refractivity (Wildman–Crippen MR) is 76.8 cm³/mol. The molecule has 2 heterocycles. The van der Waals surface area contributed by atoms with Crippen LogP contribution in [-0.2, 0) is 13.6 Å². The summed E-state index contributed by atoms with van der Waals surface area (Å²) in [6.07, 6.45) is 7.03. The Bertz CT molecular complexity index is 376. The van der Waals surface area contributed by atoms with Crippen LogP contribution in [-0.4, -0.2) is 45.1 Å². The SMILES string of the molecule is CCCC1CN(Cc2cn(C)nn2)C(CCC)CN1. The van der Waals surface area contributed by atoms with Crippen molar-refractivity contribution in [3.63, 3.8) is 0 Å². The lowest BCUT2D eigenvalue weighted by atomic mass is 10.0. The minimum atomic E-state index is 0.634. The number of hydrogen-bond donors (Lipinski definition) is 1. The molecule has 19 heavy (non-hydrogen) atoms. The number of rotatable bonds is 6. The lowest BCUT2D eigenvalue weighted by Crippen LogP contribution is -2.55. The number of nitrogens with zero attached hydrogens (tertiary/aromatic N) is 4. The summed E-state index contributed by atoms with van der Waals surface area (Å²) in [6, 6.07) is 1.27. The lowest BCUT2D eigenvalue weighted by molar-refractivity contribution is 0.110. The Balaban J connectivity index is 1.98. The minimum Gasteiger partial charge on any atom is -0.311 e. The molecule has 1 fully saturated rings. The van der Waals surface area contributed by atoms with Crippen LogP contribution in [0.5, 0.6) is 0 Å². The molecule has 0 aromatic carbocycles. The third-order valence-corrected chi connectivity index (χ3v) is 3.89. The third-order valence-electron chi connectivity index (χ3n) is 3.89. The highest BCUT2D eigenvalue weighted by Crippen LogP contribution is 2.17. The molecule has 1 N–H and O–H groups in total. The molecule has 1 aliphatic heterocycles. The van der Waals surface area contributed by atoms with E-state index >= 15 is 0 Å². The Hall–Kier alpha value is -0.940. The first-order valence-corrected chi connectivity index (χ1v) is 7.55. The first kappa shape index (κ1) is 14.5. The second kappa shape index (κ2) is 7.01. The van der Waals surface area contributed by atoms with Gasteiger partial charge in [0, 0.05) is 45.0 Å². The summed E-state index contributed by atoms with van der Waals surface area (Å²) in [7, 11) is 1.93. The lowest BCUT2D eigenvalue weighted by Gasteiger charge is -2.40. The van der Waals surface area contributed by atoms with Gasteiger partial charge in [-0.1, -0.05) is 31.9 Å². The fourth-order valence-corrected chi connectivity index (χ4v) is 2.96. The first-order valence-electron chi connectivity index (χ1n) is 7.55. The molecule has 0 aliphatic carbocycles. The van der Waals surface area contributed by atoms with Crippen LogP contribution in [0, 0.1) is 0 Å². The Morgan fingerprint density at radius 2 is 2.11 bits per heavy atom. The average Bonchev–Trinajstić information content (AvgIpc) is 2.79. The predicted octanol–water partition coefficient (Wildman–Crippen LogP) is 1.56. The standard InChI is InChI=1S/C14H27N5/c1-4-6-12-10-19(14(7-5-2)8-15-12)11-13-9-18(3)17-16-13/h9,12,14-15H,4-8,10-11H2,1-3H3. The van der Waals surface area contributed by atoms with Gasteiger partial charge in [-0.25, -0.2) is 0 Å². The van der Waals surface area contributed by atoms with Gasteiger partial charge in [-0.15, -0.1) is 5.10 Å². The summed E-state index contributed by atoms with van der Waals surface area (Å²) < 4.78 is 1.79. The van der Waals surface area contributed by atoms with Crippen LogP contribution in [0.4, 0.5) is 0 Å². The van der Waals surface area contributed by atoms with E-state index in [2.05, 4.69) is 34.4 Å². The number of aromatic nitrogens is 3. The van der Waals surface area contributed by atoms with Crippen molar-refractivity contribution in [1.82, 2.24) is 25.2 Å². The molecule has 2 rings (SSSR count). The maximum absolute atomic E-state index is 4.23. The molecule has 1 aromatic rings. The van der Waals surface area contributed by atoms with Crippen molar-refractivity contribution in [2.24, 2.45) is 7.05 Å². The highest BCUT2D eigenvalue weighted by Gasteiger charge is 2.27. The Kier molecular flexibility index (Phi) is 5.34. The van der Waals surface area contributed by atoms with Crippen LogP contribution in [0.1, 0.15) is 45.2 Å². The molecule has 0 amide bonds. The van der Waals surface area contributed by atoms with Gasteiger partial charge < -0.3 is 5.32 Å². The summed E-state index contributed by atoms with van der Waals surface area (Å²) in [5, 5.41) is 12.0. The van der Waals surface area contributed by atoms with E-state index in [0.29, 0.717) is 12.1 Å². The van der Waals surface area contributed by atoms with E-state index in [4.69, 9.17) is 0 Å². The number of nitrogens with one attached hydrogen (secondary N) is 1. The zero-order valence-electron chi connectivity index (χ0n) is 12.5. The summed E-state index contributed by atoms with van der Waals surface area (Å²) >= 11 is 0. The second-order valence-corrected chi connectivity index (χ2v) is 5.65. The molecule has 1 aromatic heterocycles. The van der Waals surface area contributed by atoms with Crippen LogP contribution in [0.2, 0.25) is 0 Å². The van der Waals surface area contributed by atoms with Gasteiger partial charge in [0.05, 0.1) is 5.69 Å². The zero-order valence-corrected chi connectivity index (χ0v) is 12.5. The topological polar surface area (TPSA) is 46.0 Å². The number of aryl methyl sites for hydroxylation is 1. The zero-order chi connectivity index (χ0) is 13.7. The van der Waals surface area contributed by atoms with Crippen LogP contribution >= 0.6 is 0 Å². The summed E-state index contributed by atoms with van der Waals surface area (Å²) in [5.74, 6) is 0. The third kappa shape index (κ3) is 4.01. The summed E-state index contributed by atoms with van der Waals surface area (Å²) in [5.41, 5.74) is 1.08. The van der Waals surface area contributed by atoms with Crippen LogP contribution in [0.15, 0.2) is 6.20 Å². The Morgan fingerprint density at radius 1 is 1.32 bits per heavy atom. The number of piperazine rings is 1. The molecule has 5 nitrogen and oxygen atoms in total. The monoisotopic (exact) mass is 265 g/mol. The van der Waals surface area contributed by atoms with Gasteiger partial charge in [-0.3, -0.25) is 9.58 Å². The van der Waals surface area contributed by atoms with E-state index in [1.165, 1.54) is 25.7 Å². The fraction of sp³-hybridized carbons (Fsp3) is 0.857. The van der Waals surface area contributed by atoms with Gasteiger partial charge in [-0.05, 0) is 12.8 Å². The molecule has 0 spiro atoms. The quantitative estimate of drug-likeness (QED) is 0.848. The number of hydrogen-bond acceptors (Lipinski definition) is 4. The van der Waals surface area contributed by atoms with Crippen LogP contribution < -0.4 is 5.32 Å². The highest BCUT2D eigenvalue weighted by atomic mass is 15.4. The van der Waals surface area contributed by atoms with Crippen molar-refractivity contribution in [3.05, 3.63) is 11.9 Å². The molecule has 2 unspecified atom stereocenters. The summed E-state index contributed by atoms with van der Waals surface area (Å²) in [4.78, 5) is 2.59. The largest absolute Gasteiger partial charge is 0.311 e. The van der Waals surface area contributed by atoms with Crippen molar-refractivity contribution < 1.29 is 0 Å². The van der Waals surface area contributed by atoms with E-state index in [9.17, 15) is 0 Å². The first-order chi connectivity index (χ1) is 9.22. The molecule has 1 saturated heterocycles. The smallest absolute Gasteiger partial charge is 0.0967 e. The molecule has 2 atom stereocenters. The molecule has 0 bridgehead atoms. The van der Waals surface area contributed by atoms with Crippen molar-refractivity contribution in [1.29, 1.82) is 0 Å². The molecule has 108 valence electrons. The van der Waals surface area contributed by atoms with E-state index < -0.39 is 0 Å². The molecular formula is C14H27N5. The maximum Gasteiger partial charge on any atom is 0.0967 e. The van der Waals surface area contributed by atoms with Gasteiger partial charge in [0.25, 0.3) is 0 Å². The van der Waals surface area contributed by atoms with Gasteiger partial charge in [-0.2, -0.15) is 0 Å². The van der Waals surface area contributed by atoms with Crippen molar-refractivity contribution >= 4 is 0 Å².